The minimum Gasteiger partial charge on any atom is -0.478 e. The first kappa shape index (κ1) is 42.5. The molecule has 0 spiro atoms. The van der Waals surface area contributed by atoms with Crippen molar-refractivity contribution in [3.63, 3.8) is 0 Å². The minimum atomic E-state index is -5.06. The molecule has 0 aliphatic heterocycles. The van der Waals surface area contributed by atoms with Crippen LogP contribution in [0.2, 0.25) is 0 Å². The molecule has 308 valence electrons. The third kappa shape index (κ3) is 10.1. The van der Waals surface area contributed by atoms with Gasteiger partial charge >= 0.3 is 29.8 Å². The summed E-state index contributed by atoms with van der Waals surface area (Å²) >= 11 is 0.310. The molecule has 27 heteroatoms. The molecule has 0 atom stereocenters. The molecule has 0 amide bonds. The van der Waals surface area contributed by atoms with Crippen LogP contribution in [0.25, 0.3) is 16.7 Å². The Morgan fingerprint density at radius 1 is 0.800 bits per heavy atom. The third-order valence-corrected chi connectivity index (χ3v) is 10.1. The number of fused-ring (bicyclic) bond motifs is 1. The van der Waals surface area contributed by atoms with Gasteiger partial charge < -0.3 is 25.7 Å². The van der Waals surface area contributed by atoms with Gasteiger partial charge in [0.1, 0.15) is 21.2 Å². The molecule has 24 nitrogen and oxygen atoms in total. The Bertz CT molecular complexity index is 2960. The van der Waals surface area contributed by atoms with Gasteiger partial charge in [0.2, 0.25) is 6.40 Å². The van der Waals surface area contributed by atoms with E-state index in [9.17, 15) is 45.7 Å². The number of hydrogen-bond donors (Lipinski definition) is 8. The Morgan fingerprint density at radius 3 is 2.20 bits per heavy atom. The molecule has 6 aromatic rings. The zero-order valence-corrected chi connectivity index (χ0v) is 32.0. The predicted molar refractivity (Wildman–Crippen MR) is 207 cm³/mol. The molecule has 0 aliphatic rings. The standard InChI is InChI=1S/C33H24N10O14S3/c34-55-16-35-25-12-19(36-31-38-32(37-23-6-2-1-5-21(23)30(46)47)40-33(39-31)43-9-3-4-17(15-43)29(44)45)7-8-24(25)41-42-26-14-22-18(11-28(26)60(52,53)54)10-20(58-57-56-48)13-27(22)59(49,50)51/h1-16H,34H2,(H6-,36,37,38,39,40,42,44,45,46,47,48,49,50,51,52,53,54)/p+1. The van der Waals surface area contributed by atoms with E-state index >= 15 is 0 Å². The van der Waals surface area contributed by atoms with Crippen LogP contribution in [-0.2, 0) is 34.4 Å². The lowest BCUT2D eigenvalue weighted by atomic mass is 10.1. The topological polar surface area (TPSA) is 361 Å². The zero-order chi connectivity index (χ0) is 43.2. The number of hydrogen-bond acceptors (Lipinski definition) is 20. The van der Waals surface area contributed by atoms with Gasteiger partial charge in [0.05, 0.1) is 46.9 Å². The van der Waals surface area contributed by atoms with Gasteiger partial charge in [0.25, 0.3) is 20.2 Å². The van der Waals surface area contributed by atoms with Gasteiger partial charge in [0.15, 0.2) is 0 Å². The number of carboxylic acid groups (broad SMARTS) is 2. The maximum Gasteiger partial charge on any atom is 0.444 e. The number of aliphatic imine (C=N–C) groups is 1. The average Bonchev–Trinajstić information content (AvgIpc) is 3.20. The number of benzene rings is 4. The van der Waals surface area contributed by atoms with Crippen LogP contribution in [0.3, 0.4) is 0 Å². The van der Waals surface area contributed by atoms with Gasteiger partial charge in [-0.2, -0.15) is 22.7 Å². The van der Waals surface area contributed by atoms with Gasteiger partial charge in [-0.05, 0) is 82.1 Å². The fourth-order valence-electron chi connectivity index (χ4n) is 5.25. The Hall–Kier alpha value is -7.08. The number of para-hydroxylation sites is 1. The molecule has 6 rings (SSSR count). The van der Waals surface area contributed by atoms with Crippen molar-refractivity contribution >= 4 is 102 Å². The highest BCUT2D eigenvalue weighted by atomic mass is 32.2. The second kappa shape index (κ2) is 17.8. The van der Waals surface area contributed by atoms with Crippen LogP contribution in [0.1, 0.15) is 20.7 Å². The van der Waals surface area contributed by atoms with Crippen LogP contribution in [-0.4, -0.2) is 74.7 Å². The first-order valence-corrected chi connectivity index (χ1v) is 19.7. The van der Waals surface area contributed by atoms with Gasteiger partial charge in [-0.1, -0.05) is 17.2 Å². The lowest BCUT2D eigenvalue weighted by Gasteiger charge is -2.10. The summed E-state index contributed by atoms with van der Waals surface area (Å²) in [6.07, 6.45) is 3.52. The zero-order valence-electron chi connectivity index (χ0n) is 29.6. The van der Waals surface area contributed by atoms with Gasteiger partial charge in [0, 0.05) is 16.0 Å². The Balaban J connectivity index is 1.42. The molecule has 0 radical (unpaired) electrons. The molecule has 9 N–H and O–H groups in total. The Labute approximate surface area is 340 Å². The van der Waals surface area contributed by atoms with Crippen molar-refractivity contribution in [3.8, 4) is 5.95 Å². The highest BCUT2D eigenvalue weighted by Gasteiger charge is 2.24. The first-order valence-electron chi connectivity index (χ1n) is 16.1. The summed E-state index contributed by atoms with van der Waals surface area (Å²) in [5.41, 5.74) is -0.582. The van der Waals surface area contributed by atoms with E-state index in [0.717, 1.165) is 24.6 Å². The van der Waals surface area contributed by atoms with E-state index in [1.54, 1.807) is 6.07 Å². The first-order chi connectivity index (χ1) is 28.5. The van der Waals surface area contributed by atoms with Crippen molar-refractivity contribution in [2.75, 3.05) is 10.6 Å². The summed E-state index contributed by atoms with van der Waals surface area (Å²) < 4.78 is 75.2. The number of nitrogens with zero attached hydrogens (tertiary/aromatic N) is 7. The molecule has 0 saturated carbocycles. The molecule has 0 bridgehead atoms. The monoisotopic (exact) mass is 881 g/mol. The lowest BCUT2D eigenvalue weighted by Crippen LogP contribution is -2.34. The maximum absolute atomic E-state index is 12.5. The van der Waals surface area contributed by atoms with Crippen molar-refractivity contribution in [2.24, 2.45) is 21.1 Å². The van der Waals surface area contributed by atoms with Gasteiger partial charge in [-0.25, -0.2) is 24.4 Å². The van der Waals surface area contributed by atoms with E-state index in [1.807, 2.05) is 0 Å². The number of azo groups is 1. The van der Waals surface area contributed by atoms with E-state index in [1.165, 1.54) is 71.6 Å². The highest BCUT2D eigenvalue weighted by Crippen LogP contribution is 2.39. The van der Waals surface area contributed by atoms with E-state index in [0.29, 0.717) is 12.0 Å². The summed E-state index contributed by atoms with van der Waals surface area (Å²) in [6, 6.07) is 16.7. The molecule has 0 unspecified atom stereocenters. The van der Waals surface area contributed by atoms with Crippen LogP contribution >= 0.6 is 12.0 Å². The predicted octanol–water partition coefficient (Wildman–Crippen LogP) is 5.07. The SMILES string of the molecule is NOC=Nc1cc(Nc2nc(Nc3ccccc3C(=O)O)nc(-[n+]3cccc(C(=O)O)c3)n2)ccc1N=Nc1cc2c(S(=O)(=O)O)cc(SOOO)cc2cc1S(=O)(=O)O. The molecule has 4 aromatic carbocycles. The summed E-state index contributed by atoms with van der Waals surface area (Å²) in [7, 11) is -10.0. The van der Waals surface area contributed by atoms with Crippen molar-refractivity contribution in [2.45, 2.75) is 14.7 Å². The third-order valence-electron chi connectivity index (χ3n) is 7.74. The van der Waals surface area contributed by atoms with Crippen molar-refractivity contribution in [1.82, 2.24) is 15.0 Å². The van der Waals surface area contributed by atoms with Crippen LogP contribution in [0.5, 0.6) is 0 Å². The van der Waals surface area contributed by atoms with E-state index in [4.69, 9.17) is 11.2 Å². The molecular weight excluding hydrogens is 857 g/mol. The maximum atomic E-state index is 12.5. The van der Waals surface area contributed by atoms with E-state index in [-0.39, 0.29) is 67.4 Å². The number of nitrogens with two attached hydrogens (primary N) is 1. The summed E-state index contributed by atoms with van der Waals surface area (Å²) in [5.74, 6) is 2.27. The van der Waals surface area contributed by atoms with Crippen LogP contribution in [0, 0.1) is 0 Å². The van der Waals surface area contributed by atoms with Crippen molar-refractivity contribution in [3.05, 3.63) is 102 Å². The number of anilines is 4. The summed E-state index contributed by atoms with van der Waals surface area (Å²) in [4.78, 5) is 43.5. The summed E-state index contributed by atoms with van der Waals surface area (Å²) in [5, 5.41) is 44.6. The quantitative estimate of drug-likeness (QED) is 0.00918. The fourth-order valence-corrected chi connectivity index (χ4v) is 7.15. The number of carbonyl (C=O) groups is 2. The number of carboxylic acids is 2. The molecular formula is C33H25N10O14S3+. The van der Waals surface area contributed by atoms with Crippen molar-refractivity contribution < 1.29 is 69.8 Å². The lowest BCUT2D eigenvalue weighted by molar-refractivity contribution is -0.603. The largest absolute Gasteiger partial charge is 0.478 e. The smallest absolute Gasteiger partial charge is 0.444 e. The van der Waals surface area contributed by atoms with Gasteiger partial charge in [-0.15, -0.1) is 19.5 Å². The number of pyridine rings is 1. The number of aromatic carboxylic acids is 2. The van der Waals surface area contributed by atoms with Crippen LogP contribution in [0.4, 0.5) is 40.3 Å². The molecule has 0 aliphatic carbocycles. The molecule has 2 heterocycles. The number of aromatic nitrogens is 4. The fraction of sp³-hybridized carbons (Fsp3) is 0. The second-order valence-electron chi connectivity index (χ2n) is 11.6. The average molecular weight is 882 g/mol. The molecule has 2 aromatic heterocycles. The number of rotatable bonds is 16. The van der Waals surface area contributed by atoms with E-state index < -0.39 is 47.7 Å². The van der Waals surface area contributed by atoms with Crippen molar-refractivity contribution in [1.29, 1.82) is 0 Å². The van der Waals surface area contributed by atoms with E-state index in [2.05, 4.69) is 55.0 Å². The Kier molecular flexibility index (Phi) is 12.6. The Morgan fingerprint density at radius 2 is 1.52 bits per heavy atom. The molecule has 0 fully saturated rings. The number of nitrogens with one attached hydrogen (secondary N) is 2. The molecule has 0 saturated heterocycles. The second-order valence-corrected chi connectivity index (χ2v) is 15.2. The van der Waals surface area contributed by atoms with Gasteiger partial charge in [-0.3, -0.25) is 9.11 Å². The summed E-state index contributed by atoms with van der Waals surface area (Å²) in [6.45, 7) is 0. The molecule has 60 heavy (non-hydrogen) atoms. The normalized spacial score (nSPS) is 11.9. The minimum absolute atomic E-state index is 0.0404. The van der Waals surface area contributed by atoms with Crippen LogP contribution in [0.15, 0.2) is 121 Å². The highest BCUT2D eigenvalue weighted by molar-refractivity contribution is 7.94. The van der Waals surface area contributed by atoms with Crippen LogP contribution < -0.4 is 21.1 Å².